The van der Waals surface area contributed by atoms with Gasteiger partial charge in [0.25, 0.3) is 0 Å². The molecule has 0 heterocycles. The standard InChI is InChI=1S/C29H22F4/c1-2-3-4-5-19-6-9-21(26(30)14-19)10-7-20-8-13-25(27(31)15-20)23-12-11-22-17-28(32)29(33)18-24(22)16-23/h6,8-9,11-18H,2-5H2,1H3. The molecule has 0 aliphatic heterocycles. The molecule has 0 fully saturated rings. The van der Waals surface area contributed by atoms with Crippen LogP contribution in [-0.2, 0) is 6.42 Å². The third-order valence-electron chi connectivity index (χ3n) is 5.60. The molecule has 166 valence electrons. The van der Waals surface area contributed by atoms with Gasteiger partial charge in [-0.15, -0.1) is 0 Å². The summed E-state index contributed by atoms with van der Waals surface area (Å²) >= 11 is 0. The number of fused-ring (bicyclic) bond motifs is 1. The predicted molar refractivity (Wildman–Crippen MR) is 125 cm³/mol. The highest BCUT2D eigenvalue weighted by Gasteiger charge is 2.09. The molecule has 0 bridgehead atoms. The van der Waals surface area contributed by atoms with Gasteiger partial charge in [0.05, 0.1) is 5.56 Å². The van der Waals surface area contributed by atoms with Gasteiger partial charge in [0.2, 0.25) is 0 Å². The Morgan fingerprint density at radius 1 is 0.636 bits per heavy atom. The number of unbranched alkanes of at least 4 members (excludes halogenated alkanes) is 2. The average molecular weight is 446 g/mol. The van der Waals surface area contributed by atoms with Gasteiger partial charge in [-0.2, -0.15) is 0 Å². The third-order valence-corrected chi connectivity index (χ3v) is 5.60. The zero-order valence-electron chi connectivity index (χ0n) is 18.2. The van der Waals surface area contributed by atoms with Crippen LogP contribution in [0, 0.1) is 35.1 Å². The first kappa shape index (κ1) is 22.6. The highest BCUT2D eigenvalue weighted by atomic mass is 19.2. The first-order valence-electron chi connectivity index (χ1n) is 10.9. The molecule has 0 N–H and O–H groups in total. The van der Waals surface area contributed by atoms with E-state index in [1.165, 1.54) is 12.1 Å². The summed E-state index contributed by atoms with van der Waals surface area (Å²) in [6, 6.07) is 16.6. The SMILES string of the molecule is CCCCCc1ccc(C#Cc2ccc(-c3ccc4cc(F)c(F)cc4c3)c(F)c2)c(F)c1. The molecule has 4 heteroatoms. The van der Waals surface area contributed by atoms with Crippen LogP contribution in [0.3, 0.4) is 0 Å². The van der Waals surface area contributed by atoms with E-state index in [-0.39, 0.29) is 11.4 Å². The van der Waals surface area contributed by atoms with Crippen molar-refractivity contribution in [3.05, 3.63) is 107 Å². The van der Waals surface area contributed by atoms with Crippen molar-refractivity contribution in [2.75, 3.05) is 0 Å². The molecular formula is C29H22F4. The van der Waals surface area contributed by atoms with Crippen molar-refractivity contribution in [1.82, 2.24) is 0 Å². The Hall–Kier alpha value is -3.58. The van der Waals surface area contributed by atoms with E-state index in [1.54, 1.807) is 36.4 Å². The van der Waals surface area contributed by atoms with Crippen molar-refractivity contribution in [2.24, 2.45) is 0 Å². The van der Waals surface area contributed by atoms with Crippen LogP contribution in [0.25, 0.3) is 21.9 Å². The monoisotopic (exact) mass is 446 g/mol. The molecule has 0 unspecified atom stereocenters. The fourth-order valence-electron chi connectivity index (χ4n) is 3.77. The van der Waals surface area contributed by atoms with Crippen LogP contribution in [0.4, 0.5) is 17.6 Å². The first-order chi connectivity index (χ1) is 15.9. The molecule has 0 spiro atoms. The van der Waals surface area contributed by atoms with Crippen molar-refractivity contribution in [3.63, 3.8) is 0 Å². The maximum absolute atomic E-state index is 14.8. The zero-order valence-corrected chi connectivity index (χ0v) is 18.2. The molecule has 0 amide bonds. The Morgan fingerprint density at radius 3 is 2.15 bits per heavy atom. The average Bonchev–Trinajstić information content (AvgIpc) is 2.79. The Kier molecular flexibility index (Phi) is 6.79. The van der Waals surface area contributed by atoms with Gasteiger partial charge in [0.1, 0.15) is 11.6 Å². The fourth-order valence-corrected chi connectivity index (χ4v) is 3.77. The van der Waals surface area contributed by atoms with Crippen molar-refractivity contribution >= 4 is 10.8 Å². The van der Waals surface area contributed by atoms with Gasteiger partial charge in [-0.3, -0.25) is 0 Å². The van der Waals surface area contributed by atoms with Gasteiger partial charge in [0, 0.05) is 11.1 Å². The Balaban J connectivity index is 1.56. The van der Waals surface area contributed by atoms with E-state index in [2.05, 4.69) is 18.8 Å². The van der Waals surface area contributed by atoms with Crippen LogP contribution < -0.4 is 0 Å². The molecule has 33 heavy (non-hydrogen) atoms. The number of rotatable bonds is 5. The van der Waals surface area contributed by atoms with E-state index >= 15 is 0 Å². The Morgan fingerprint density at radius 2 is 1.42 bits per heavy atom. The van der Waals surface area contributed by atoms with Gasteiger partial charge < -0.3 is 0 Å². The molecule has 4 rings (SSSR count). The normalized spacial score (nSPS) is 10.8. The number of hydrogen-bond donors (Lipinski definition) is 0. The van der Waals surface area contributed by atoms with Crippen LogP contribution in [0.1, 0.15) is 42.9 Å². The van der Waals surface area contributed by atoms with Crippen LogP contribution in [0.5, 0.6) is 0 Å². The lowest BCUT2D eigenvalue weighted by Crippen LogP contribution is -1.91. The van der Waals surface area contributed by atoms with E-state index in [1.807, 2.05) is 6.07 Å². The second-order valence-electron chi connectivity index (χ2n) is 8.04. The molecule has 0 aromatic heterocycles. The van der Waals surface area contributed by atoms with Crippen molar-refractivity contribution in [2.45, 2.75) is 32.6 Å². The minimum atomic E-state index is -0.952. The Bertz CT molecular complexity index is 1380. The molecule has 0 aliphatic carbocycles. The van der Waals surface area contributed by atoms with Gasteiger partial charge in [-0.1, -0.05) is 55.9 Å². The van der Waals surface area contributed by atoms with Gasteiger partial charge in [-0.25, -0.2) is 17.6 Å². The summed E-state index contributed by atoms with van der Waals surface area (Å²) in [7, 11) is 0. The van der Waals surface area contributed by atoms with E-state index in [0.717, 1.165) is 43.4 Å². The maximum atomic E-state index is 14.8. The molecule has 4 aromatic carbocycles. The third kappa shape index (κ3) is 5.26. The minimum Gasteiger partial charge on any atom is -0.206 e. The van der Waals surface area contributed by atoms with E-state index in [4.69, 9.17) is 0 Å². The molecular weight excluding hydrogens is 424 g/mol. The summed E-state index contributed by atoms with van der Waals surface area (Å²) in [5.41, 5.74) is 2.48. The van der Waals surface area contributed by atoms with Crippen molar-refractivity contribution in [1.29, 1.82) is 0 Å². The number of benzene rings is 4. The van der Waals surface area contributed by atoms with Crippen LogP contribution >= 0.6 is 0 Å². The van der Waals surface area contributed by atoms with Crippen LogP contribution in [0.15, 0.2) is 66.7 Å². The van der Waals surface area contributed by atoms with E-state index in [0.29, 0.717) is 27.5 Å². The van der Waals surface area contributed by atoms with Gasteiger partial charge in [-0.05, 0) is 77.2 Å². The lowest BCUT2D eigenvalue weighted by Gasteiger charge is -2.07. The fraction of sp³-hybridized carbons (Fsp3) is 0.172. The number of aryl methyl sites for hydroxylation is 1. The predicted octanol–water partition coefficient (Wildman–Crippen LogP) is 8.20. The summed E-state index contributed by atoms with van der Waals surface area (Å²) < 4.78 is 56.2. The molecule has 0 atom stereocenters. The number of halogens is 4. The molecule has 0 nitrogen and oxygen atoms in total. The summed E-state index contributed by atoms with van der Waals surface area (Å²) in [4.78, 5) is 0. The molecule has 0 saturated carbocycles. The van der Waals surface area contributed by atoms with Crippen molar-refractivity contribution < 1.29 is 17.6 Å². The van der Waals surface area contributed by atoms with Gasteiger partial charge in [0.15, 0.2) is 11.6 Å². The summed E-state index contributed by atoms with van der Waals surface area (Å²) in [5.74, 6) is 2.83. The Labute approximate surface area is 190 Å². The molecule has 0 radical (unpaired) electrons. The van der Waals surface area contributed by atoms with E-state index < -0.39 is 17.5 Å². The van der Waals surface area contributed by atoms with Gasteiger partial charge >= 0.3 is 0 Å². The lowest BCUT2D eigenvalue weighted by atomic mass is 9.99. The summed E-state index contributed by atoms with van der Waals surface area (Å²) in [6.45, 7) is 2.12. The van der Waals surface area contributed by atoms with E-state index in [9.17, 15) is 17.6 Å². The topological polar surface area (TPSA) is 0 Å². The zero-order chi connectivity index (χ0) is 23.4. The number of hydrogen-bond acceptors (Lipinski definition) is 0. The highest BCUT2D eigenvalue weighted by molar-refractivity contribution is 5.87. The quantitative estimate of drug-likeness (QED) is 0.165. The lowest BCUT2D eigenvalue weighted by molar-refractivity contribution is 0.511. The van der Waals surface area contributed by atoms with Crippen LogP contribution in [0.2, 0.25) is 0 Å². The minimum absolute atomic E-state index is 0.266. The second kappa shape index (κ2) is 9.92. The first-order valence-corrected chi connectivity index (χ1v) is 10.9. The highest BCUT2D eigenvalue weighted by Crippen LogP contribution is 2.28. The summed E-state index contributed by atoms with van der Waals surface area (Å²) in [5, 5.41) is 1.00. The van der Waals surface area contributed by atoms with Crippen molar-refractivity contribution in [3.8, 4) is 23.0 Å². The molecule has 0 saturated heterocycles. The maximum Gasteiger partial charge on any atom is 0.159 e. The largest absolute Gasteiger partial charge is 0.206 e. The molecule has 4 aromatic rings. The van der Waals surface area contributed by atoms with Crippen LogP contribution in [-0.4, -0.2) is 0 Å². The smallest absolute Gasteiger partial charge is 0.159 e. The summed E-state index contributed by atoms with van der Waals surface area (Å²) in [6.07, 6.45) is 4.08. The molecule has 0 aliphatic rings. The second-order valence-corrected chi connectivity index (χ2v) is 8.04.